The van der Waals surface area contributed by atoms with Crippen LogP contribution in [0.2, 0.25) is 0 Å². The molecule has 15 heavy (non-hydrogen) atoms. The quantitative estimate of drug-likeness (QED) is 0.737. The van der Waals surface area contributed by atoms with Crippen LogP contribution in [0.5, 0.6) is 0 Å². The smallest absolute Gasteiger partial charge is 0.145 e. The van der Waals surface area contributed by atoms with Gasteiger partial charge in [0.1, 0.15) is 23.3 Å². The van der Waals surface area contributed by atoms with Gasteiger partial charge in [-0.15, -0.1) is 0 Å². The molecular formula is C10H14N4O. The summed E-state index contributed by atoms with van der Waals surface area (Å²) >= 11 is 0. The first-order valence-corrected chi connectivity index (χ1v) is 4.79. The van der Waals surface area contributed by atoms with Crippen molar-refractivity contribution in [1.29, 1.82) is 5.26 Å². The van der Waals surface area contributed by atoms with Gasteiger partial charge in [-0.3, -0.25) is 0 Å². The minimum Gasteiger partial charge on any atom is -0.382 e. The molecule has 0 amide bonds. The average Bonchev–Trinajstić information content (AvgIpc) is 2.18. The number of nitriles is 1. The molecule has 1 heterocycles. The first-order chi connectivity index (χ1) is 7.19. The summed E-state index contributed by atoms with van der Waals surface area (Å²) in [4.78, 5) is 8.22. The van der Waals surface area contributed by atoms with E-state index in [9.17, 15) is 0 Å². The molecule has 0 saturated carbocycles. The molecule has 0 radical (unpaired) electrons. The van der Waals surface area contributed by atoms with E-state index in [-0.39, 0.29) is 5.82 Å². The zero-order valence-corrected chi connectivity index (χ0v) is 8.95. The van der Waals surface area contributed by atoms with Crippen LogP contribution in [0.1, 0.15) is 24.0 Å². The van der Waals surface area contributed by atoms with Crippen LogP contribution in [0.4, 0.5) is 5.82 Å². The summed E-state index contributed by atoms with van der Waals surface area (Å²) in [5.74, 6) is 0.869. The van der Waals surface area contributed by atoms with Gasteiger partial charge in [0, 0.05) is 13.0 Å². The van der Waals surface area contributed by atoms with Crippen molar-refractivity contribution in [2.24, 2.45) is 0 Å². The van der Waals surface area contributed by atoms with Gasteiger partial charge in [-0.2, -0.15) is 5.26 Å². The number of aromatic nitrogens is 2. The van der Waals surface area contributed by atoms with Crippen molar-refractivity contribution < 1.29 is 4.74 Å². The summed E-state index contributed by atoms with van der Waals surface area (Å²) in [6.07, 6.45) is 0.616. The van der Waals surface area contributed by atoms with Crippen molar-refractivity contribution >= 4 is 5.82 Å². The first kappa shape index (κ1) is 11.4. The van der Waals surface area contributed by atoms with Crippen molar-refractivity contribution in [3.8, 4) is 6.07 Å². The van der Waals surface area contributed by atoms with Crippen LogP contribution >= 0.6 is 0 Å². The third-order valence-electron chi connectivity index (χ3n) is 1.95. The van der Waals surface area contributed by atoms with Gasteiger partial charge in [-0.1, -0.05) is 0 Å². The number of anilines is 1. The third kappa shape index (κ3) is 2.89. The van der Waals surface area contributed by atoms with Gasteiger partial charge >= 0.3 is 0 Å². The van der Waals surface area contributed by atoms with Crippen molar-refractivity contribution in [2.45, 2.75) is 20.3 Å². The Labute approximate surface area is 88.9 Å². The number of rotatable bonds is 4. The zero-order valence-electron chi connectivity index (χ0n) is 8.95. The van der Waals surface area contributed by atoms with E-state index in [0.29, 0.717) is 36.7 Å². The molecule has 0 spiro atoms. The van der Waals surface area contributed by atoms with Gasteiger partial charge in [0.15, 0.2) is 0 Å². The SMILES string of the molecule is CCOCCc1nc(C)c(C#N)c(N)n1. The number of hydrogen-bond acceptors (Lipinski definition) is 5. The number of aryl methyl sites for hydroxylation is 1. The third-order valence-corrected chi connectivity index (χ3v) is 1.95. The monoisotopic (exact) mass is 206 g/mol. The van der Waals surface area contributed by atoms with Crippen LogP contribution in [0, 0.1) is 18.3 Å². The molecule has 0 saturated heterocycles. The average molecular weight is 206 g/mol. The van der Waals surface area contributed by atoms with E-state index in [1.165, 1.54) is 0 Å². The molecule has 0 aromatic carbocycles. The van der Waals surface area contributed by atoms with E-state index in [0.717, 1.165) is 0 Å². The van der Waals surface area contributed by atoms with E-state index in [2.05, 4.69) is 9.97 Å². The van der Waals surface area contributed by atoms with E-state index < -0.39 is 0 Å². The molecule has 0 bridgehead atoms. The number of ether oxygens (including phenoxy) is 1. The molecule has 0 fully saturated rings. The predicted molar refractivity (Wildman–Crippen MR) is 56.1 cm³/mol. The Morgan fingerprint density at radius 3 is 2.73 bits per heavy atom. The fraction of sp³-hybridized carbons (Fsp3) is 0.500. The van der Waals surface area contributed by atoms with E-state index in [4.69, 9.17) is 15.7 Å². The summed E-state index contributed by atoms with van der Waals surface area (Å²) in [6, 6.07) is 1.98. The predicted octanol–water partition coefficient (Wildman–Crippen LogP) is 0.818. The van der Waals surface area contributed by atoms with Gasteiger partial charge in [0.25, 0.3) is 0 Å². The highest BCUT2D eigenvalue weighted by Gasteiger charge is 2.07. The van der Waals surface area contributed by atoms with E-state index in [1.807, 2.05) is 13.0 Å². The minimum atomic E-state index is 0.247. The second-order valence-electron chi connectivity index (χ2n) is 3.04. The lowest BCUT2D eigenvalue weighted by Gasteiger charge is -2.05. The van der Waals surface area contributed by atoms with Crippen LogP contribution in [0.3, 0.4) is 0 Å². The Morgan fingerprint density at radius 2 is 2.20 bits per heavy atom. The molecule has 80 valence electrons. The van der Waals surface area contributed by atoms with E-state index >= 15 is 0 Å². The molecule has 1 aromatic rings. The maximum Gasteiger partial charge on any atom is 0.145 e. The molecule has 0 aliphatic heterocycles. The summed E-state index contributed by atoms with van der Waals surface area (Å²) in [5, 5.41) is 8.77. The van der Waals surface area contributed by atoms with E-state index in [1.54, 1.807) is 6.92 Å². The summed E-state index contributed by atoms with van der Waals surface area (Å²) in [6.45, 7) is 4.92. The molecule has 1 aromatic heterocycles. The van der Waals surface area contributed by atoms with Crippen molar-refractivity contribution in [3.05, 3.63) is 17.1 Å². The molecule has 0 atom stereocenters. The standard InChI is InChI=1S/C10H14N4O/c1-3-15-5-4-9-13-7(2)8(6-11)10(12)14-9/h3-5H2,1-2H3,(H2,12,13,14). The summed E-state index contributed by atoms with van der Waals surface area (Å²) in [7, 11) is 0. The Kier molecular flexibility index (Phi) is 4.01. The number of nitrogen functional groups attached to an aromatic ring is 1. The van der Waals surface area contributed by atoms with Crippen LogP contribution in [0.15, 0.2) is 0 Å². The summed E-state index contributed by atoms with van der Waals surface area (Å²) in [5.41, 5.74) is 6.60. The lowest BCUT2D eigenvalue weighted by Crippen LogP contribution is -2.08. The lowest BCUT2D eigenvalue weighted by molar-refractivity contribution is 0.149. The minimum absolute atomic E-state index is 0.247. The molecule has 5 heteroatoms. The molecule has 2 N–H and O–H groups in total. The van der Waals surface area contributed by atoms with Crippen molar-refractivity contribution in [3.63, 3.8) is 0 Å². The Balaban J connectivity index is 2.81. The Bertz CT molecular complexity index is 360. The van der Waals surface area contributed by atoms with Gasteiger partial charge in [-0.25, -0.2) is 9.97 Å². The Hall–Kier alpha value is -1.67. The van der Waals surface area contributed by atoms with Crippen LogP contribution in [0.25, 0.3) is 0 Å². The van der Waals surface area contributed by atoms with Gasteiger partial charge in [0.05, 0.1) is 12.3 Å². The van der Waals surface area contributed by atoms with Crippen LogP contribution in [-0.2, 0) is 11.2 Å². The van der Waals surface area contributed by atoms with Crippen LogP contribution in [-0.4, -0.2) is 23.2 Å². The number of nitrogens with zero attached hydrogens (tertiary/aromatic N) is 3. The second kappa shape index (κ2) is 5.27. The molecule has 0 unspecified atom stereocenters. The first-order valence-electron chi connectivity index (χ1n) is 4.79. The fourth-order valence-corrected chi connectivity index (χ4v) is 1.21. The summed E-state index contributed by atoms with van der Waals surface area (Å²) < 4.78 is 5.19. The zero-order chi connectivity index (χ0) is 11.3. The van der Waals surface area contributed by atoms with Crippen molar-refractivity contribution in [2.75, 3.05) is 18.9 Å². The molecule has 0 aliphatic rings. The highest BCUT2D eigenvalue weighted by atomic mass is 16.5. The largest absolute Gasteiger partial charge is 0.382 e. The molecule has 0 aliphatic carbocycles. The number of nitrogens with two attached hydrogens (primary N) is 1. The van der Waals surface area contributed by atoms with Gasteiger partial charge in [0.2, 0.25) is 0 Å². The maximum absolute atomic E-state index is 8.77. The highest BCUT2D eigenvalue weighted by molar-refractivity contribution is 5.50. The molecule has 1 rings (SSSR count). The van der Waals surface area contributed by atoms with Gasteiger partial charge in [-0.05, 0) is 13.8 Å². The normalized spacial score (nSPS) is 9.93. The lowest BCUT2D eigenvalue weighted by atomic mass is 10.2. The van der Waals surface area contributed by atoms with Gasteiger partial charge < -0.3 is 10.5 Å². The number of hydrogen-bond donors (Lipinski definition) is 1. The fourth-order valence-electron chi connectivity index (χ4n) is 1.21. The van der Waals surface area contributed by atoms with Crippen molar-refractivity contribution in [1.82, 2.24) is 9.97 Å². The Morgan fingerprint density at radius 1 is 1.47 bits per heavy atom. The maximum atomic E-state index is 8.77. The topological polar surface area (TPSA) is 84.8 Å². The molecular weight excluding hydrogens is 192 g/mol. The van der Waals surface area contributed by atoms with Crippen LogP contribution < -0.4 is 5.73 Å². The second-order valence-corrected chi connectivity index (χ2v) is 3.04. The highest BCUT2D eigenvalue weighted by Crippen LogP contribution is 2.11. The molecule has 5 nitrogen and oxygen atoms in total.